The van der Waals surface area contributed by atoms with E-state index < -0.39 is 6.04 Å². The van der Waals surface area contributed by atoms with Crippen molar-refractivity contribution in [2.75, 3.05) is 13.2 Å². The van der Waals surface area contributed by atoms with E-state index in [4.69, 9.17) is 15.2 Å². The van der Waals surface area contributed by atoms with Crippen LogP contribution in [0.4, 0.5) is 0 Å². The molecule has 2 atom stereocenters. The highest BCUT2D eigenvalue weighted by Gasteiger charge is 2.17. The van der Waals surface area contributed by atoms with Crippen LogP contribution in [0.1, 0.15) is 31.9 Å². The van der Waals surface area contributed by atoms with Crippen molar-refractivity contribution in [3.05, 3.63) is 23.8 Å². The highest BCUT2D eigenvalue weighted by Crippen LogP contribution is 2.32. The monoisotopic (exact) mass is 264 g/mol. The minimum absolute atomic E-state index is 0.110. The third-order valence-corrected chi connectivity index (χ3v) is 3.20. The zero-order chi connectivity index (χ0) is 13.8. The van der Waals surface area contributed by atoms with E-state index in [1.165, 1.54) is 0 Å². The van der Waals surface area contributed by atoms with Crippen LogP contribution in [-0.2, 0) is 4.79 Å². The second-order valence-electron chi connectivity index (χ2n) is 4.65. The van der Waals surface area contributed by atoms with Crippen LogP contribution in [0, 0.1) is 0 Å². The predicted octanol–water partition coefficient (Wildman–Crippen LogP) is 1.37. The Morgan fingerprint density at radius 2 is 2.05 bits per heavy atom. The normalized spacial score (nSPS) is 16.6. The number of rotatable bonds is 4. The van der Waals surface area contributed by atoms with Gasteiger partial charge in [0.1, 0.15) is 13.2 Å². The maximum Gasteiger partial charge on any atom is 0.237 e. The van der Waals surface area contributed by atoms with Gasteiger partial charge in [-0.05, 0) is 31.0 Å². The number of ether oxygens (including phenoxy) is 2. The van der Waals surface area contributed by atoms with Crippen LogP contribution in [0.3, 0.4) is 0 Å². The van der Waals surface area contributed by atoms with Gasteiger partial charge >= 0.3 is 0 Å². The van der Waals surface area contributed by atoms with E-state index in [0.717, 1.165) is 17.1 Å². The zero-order valence-corrected chi connectivity index (χ0v) is 11.3. The molecule has 0 bridgehead atoms. The summed E-state index contributed by atoms with van der Waals surface area (Å²) in [6.45, 7) is 4.94. The number of carbonyl (C=O) groups excluding carboxylic acids is 1. The molecular formula is C14H20N2O3. The molecule has 1 aliphatic rings. The highest BCUT2D eigenvalue weighted by molar-refractivity contribution is 5.81. The third kappa shape index (κ3) is 3.17. The first-order chi connectivity index (χ1) is 9.11. The van der Waals surface area contributed by atoms with Crippen molar-refractivity contribution in [2.24, 2.45) is 5.73 Å². The molecule has 19 heavy (non-hydrogen) atoms. The molecule has 1 aromatic carbocycles. The summed E-state index contributed by atoms with van der Waals surface area (Å²) in [6.07, 6.45) is 0.625. The molecule has 1 amide bonds. The fraction of sp³-hybridized carbons (Fsp3) is 0.500. The van der Waals surface area contributed by atoms with Gasteiger partial charge in [-0.2, -0.15) is 0 Å². The van der Waals surface area contributed by atoms with E-state index in [9.17, 15) is 4.79 Å². The Labute approximate surface area is 113 Å². The lowest BCUT2D eigenvalue weighted by molar-refractivity contribution is -0.123. The molecule has 5 heteroatoms. The quantitative estimate of drug-likeness (QED) is 0.861. The first-order valence-corrected chi connectivity index (χ1v) is 6.57. The van der Waals surface area contributed by atoms with Gasteiger partial charge in [0.05, 0.1) is 12.1 Å². The third-order valence-electron chi connectivity index (χ3n) is 3.20. The molecule has 0 radical (unpaired) electrons. The van der Waals surface area contributed by atoms with Crippen molar-refractivity contribution in [3.8, 4) is 11.5 Å². The average Bonchev–Trinajstić information content (AvgIpc) is 2.45. The summed E-state index contributed by atoms with van der Waals surface area (Å²) < 4.78 is 11.0. The summed E-state index contributed by atoms with van der Waals surface area (Å²) in [5.41, 5.74) is 6.67. The van der Waals surface area contributed by atoms with Crippen LogP contribution >= 0.6 is 0 Å². The van der Waals surface area contributed by atoms with E-state index in [1.807, 2.05) is 32.0 Å². The fourth-order valence-corrected chi connectivity index (χ4v) is 1.92. The van der Waals surface area contributed by atoms with Crippen molar-refractivity contribution in [3.63, 3.8) is 0 Å². The minimum atomic E-state index is -0.459. The Bertz CT molecular complexity index is 462. The standard InChI is InChI=1S/C14H20N2O3/c1-3-11(15)14(17)16-9(2)10-4-5-12-13(8-10)19-7-6-18-12/h4-5,8-9,11H,3,6-7,15H2,1-2H3,(H,16,17). The largest absolute Gasteiger partial charge is 0.486 e. The SMILES string of the molecule is CCC(N)C(=O)NC(C)c1ccc2c(c1)OCCO2. The van der Waals surface area contributed by atoms with Gasteiger partial charge in [0.25, 0.3) is 0 Å². The van der Waals surface area contributed by atoms with Crippen molar-refractivity contribution in [1.82, 2.24) is 5.32 Å². The Kier molecular flexibility index (Phi) is 4.27. The highest BCUT2D eigenvalue weighted by atomic mass is 16.6. The molecule has 0 spiro atoms. The predicted molar refractivity (Wildman–Crippen MR) is 72.3 cm³/mol. The van der Waals surface area contributed by atoms with Gasteiger partial charge in [-0.15, -0.1) is 0 Å². The summed E-state index contributed by atoms with van der Waals surface area (Å²) in [5, 5.41) is 2.89. The molecule has 5 nitrogen and oxygen atoms in total. The lowest BCUT2D eigenvalue weighted by atomic mass is 10.1. The summed E-state index contributed by atoms with van der Waals surface area (Å²) in [4.78, 5) is 11.8. The summed E-state index contributed by atoms with van der Waals surface area (Å²) in [6, 6.07) is 5.12. The fourth-order valence-electron chi connectivity index (χ4n) is 1.92. The Morgan fingerprint density at radius 3 is 2.74 bits per heavy atom. The molecule has 0 saturated heterocycles. The van der Waals surface area contributed by atoms with Gasteiger partial charge in [-0.1, -0.05) is 13.0 Å². The second kappa shape index (κ2) is 5.93. The van der Waals surface area contributed by atoms with Crippen LogP contribution in [0.2, 0.25) is 0 Å². The van der Waals surface area contributed by atoms with Gasteiger partial charge in [-0.3, -0.25) is 4.79 Å². The molecule has 104 valence electrons. The number of hydrogen-bond acceptors (Lipinski definition) is 4. The summed E-state index contributed by atoms with van der Waals surface area (Å²) in [7, 11) is 0. The van der Waals surface area contributed by atoms with Crippen LogP contribution in [0.5, 0.6) is 11.5 Å². The molecule has 0 aliphatic carbocycles. The maximum absolute atomic E-state index is 11.8. The van der Waals surface area contributed by atoms with Crippen molar-refractivity contribution < 1.29 is 14.3 Å². The number of hydrogen-bond donors (Lipinski definition) is 2. The van der Waals surface area contributed by atoms with E-state index in [-0.39, 0.29) is 11.9 Å². The van der Waals surface area contributed by atoms with Crippen molar-refractivity contribution in [2.45, 2.75) is 32.4 Å². The Morgan fingerprint density at radius 1 is 1.37 bits per heavy atom. The lowest BCUT2D eigenvalue weighted by Gasteiger charge is -2.21. The van der Waals surface area contributed by atoms with Gasteiger partial charge in [0.15, 0.2) is 11.5 Å². The Hall–Kier alpha value is -1.75. The molecule has 1 heterocycles. The van der Waals surface area contributed by atoms with Gasteiger partial charge in [0, 0.05) is 0 Å². The number of amides is 1. The van der Waals surface area contributed by atoms with E-state index in [0.29, 0.717) is 19.6 Å². The first-order valence-electron chi connectivity index (χ1n) is 6.57. The Balaban J connectivity index is 2.07. The van der Waals surface area contributed by atoms with Crippen LogP contribution < -0.4 is 20.5 Å². The van der Waals surface area contributed by atoms with Gasteiger partial charge in [0.2, 0.25) is 5.91 Å². The molecule has 2 unspecified atom stereocenters. The number of nitrogens with two attached hydrogens (primary N) is 1. The van der Waals surface area contributed by atoms with E-state index in [1.54, 1.807) is 0 Å². The molecule has 1 aromatic rings. The zero-order valence-electron chi connectivity index (χ0n) is 11.3. The van der Waals surface area contributed by atoms with Crippen molar-refractivity contribution >= 4 is 5.91 Å². The summed E-state index contributed by atoms with van der Waals surface area (Å²) in [5.74, 6) is 1.34. The molecule has 2 rings (SSSR count). The number of carbonyl (C=O) groups is 1. The molecule has 0 saturated carbocycles. The summed E-state index contributed by atoms with van der Waals surface area (Å²) >= 11 is 0. The van der Waals surface area contributed by atoms with Crippen LogP contribution in [0.25, 0.3) is 0 Å². The number of fused-ring (bicyclic) bond motifs is 1. The molecular weight excluding hydrogens is 244 g/mol. The number of benzene rings is 1. The van der Waals surface area contributed by atoms with Crippen LogP contribution in [0.15, 0.2) is 18.2 Å². The molecule has 1 aliphatic heterocycles. The van der Waals surface area contributed by atoms with Crippen LogP contribution in [-0.4, -0.2) is 25.2 Å². The lowest BCUT2D eigenvalue weighted by Crippen LogP contribution is -2.41. The smallest absolute Gasteiger partial charge is 0.237 e. The van der Waals surface area contributed by atoms with Gasteiger partial charge < -0.3 is 20.5 Å². The number of nitrogens with one attached hydrogen (secondary N) is 1. The second-order valence-corrected chi connectivity index (χ2v) is 4.65. The molecule has 0 aromatic heterocycles. The average molecular weight is 264 g/mol. The first kappa shape index (κ1) is 13.7. The van der Waals surface area contributed by atoms with E-state index in [2.05, 4.69) is 5.32 Å². The minimum Gasteiger partial charge on any atom is -0.486 e. The topological polar surface area (TPSA) is 73.6 Å². The van der Waals surface area contributed by atoms with Crippen molar-refractivity contribution in [1.29, 1.82) is 0 Å². The van der Waals surface area contributed by atoms with E-state index >= 15 is 0 Å². The molecule has 3 N–H and O–H groups in total. The molecule has 0 fully saturated rings. The maximum atomic E-state index is 11.8. The van der Waals surface area contributed by atoms with Gasteiger partial charge in [-0.25, -0.2) is 0 Å².